The SMILES string of the molecule is CCCCCCCCCCCCCCCC(CCCCCCCC)c1[nH]cc[n+]1C(C)CCCCC. The second-order valence-corrected chi connectivity index (χ2v) is 11.9. The lowest BCUT2D eigenvalue weighted by Crippen LogP contribution is -2.41. The maximum Gasteiger partial charge on any atom is 0.257 e. The number of aromatic nitrogens is 2. The zero-order valence-corrected chi connectivity index (χ0v) is 25.4. The number of hydrogen-bond acceptors (Lipinski definition) is 0. The average Bonchev–Trinajstić information content (AvgIpc) is 3.37. The van der Waals surface area contributed by atoms with Gasteiger partial charge in [-0.05, 0) is 32.6 Å². The second kappa shape index (κ2) is 24.5. The van der Waals surface area contributed by atoms with Crippen molar-refractivity contribution in [3.05, 3.63) is 18.2 Å². The number of rotatable bonds is 27. The van der Waals surface area contributed by atoms with Gasteiger partial charge in [-0.3, -0.25) is 0 Å². The summed E-state index contributed by atoms with van der Waals surface area (Å²) in [5.74, 6) is 2.24. The molecule has 1 N–H and O–H groups in total. The molecule has 36 heavy (non-hydrogen) atoms. The van der Waals surface area contributed by atoms with Crippen LogP contribution in [0.4, 0.5) is 0 Å². The molecule has 212 valence electrons. The Morgan fingerprint density at radius 3 is 1.33 bits per heavy atom. The molecule has 0 saturated heterocycles. The molecule has 0 aliphatic rings. The van der Waals surface area contributed by atoms with Crippen molar-refractivity contribution in [3.8, 4) is 0 Å². The van der Waals surface area contributed by atoms with E-state index < -0.39 is 0 Å². The van der Waals surface area contributed by atoms with Crippen LogP contribution >= 0.6 is 0 Å². The molecule has 0 fully saturated rings. The topological polar surface area (TPSA) is 19.7 Å². The van der Waals surface area contributed by atoms with Crippen LogP contribution in [0, 0.1) is 0 Å². The van der Waals surface area contributed by atoms with Crippen molar-refractivity contribution < 1.29 is 4.57 Å². The van der Waals surface area contributed by atoms with Crippen molar-refractivity contribution in [3.63, 3.8) is 0 Å². The summed E-state index contributed by atoms with van der Waals surface area (Å²) in [4.78, 5) is 3.70. The van der Waals surface area contributed by atoms with Gasteiger partial charge in [0.1, 0.15) is 12.4 Å². The highest BCUT2D eigenvalue weighted by Gasteiger charge is 2.25. The van der Waals surface area contributed by atoms with E-state index in [1.807, 2.05) is 0 Å². The van der Waals surface area contributed by atoms with Gasteiger partial charge in [0.25, 0.3) is 5.82 Å². The molecule has 1 heterocycles. The maximum atomic E-state index is 3.70. The first kappa shape index (κ1) is 33.2. The lowest BCUT2D eigenvalue weighted by atomic mass is 9.93. The highest BCUT2D eigenvalue weighted by molar-refractivity contribution is 4.90. The predicted octanol–water partition coefficient (Wildman–Crippen LogP) is 11.8. The molecule has 0 amide bonds. The summed E-state index contributed by atoms with van der Waals surface area (Å²) in [6.45, 7) is 9.37. The molecule has 0 radical (unpaired) electrons. The van der Waals surface area contributed by atoms with Crippen LogP contribution in [-0.2, 0) is 0 Å². The third-order valence-electron chi connectivity index (χ3n) is 8.39. The Morgan fingerprint density at radius 2 is 0.889 bits per heavy atom. The quantitative estimate of drug-likeness (QED) is 0.0909. The molecular weight excluding hydrogens is 436 g/mol. The van der Waals surface area contributed by atoms with Crippen LogP contribution in [0.15, 0.2) is 12.4 Å². The van der Waals surface area contributed by atoms with E-state index in [1.165, 1.54) is 166 Å². The highest BCUT2D eigenvalue weighted by Crippen LogP contribution is 2.27. The highest BCUT2D eigenvalue weighted by atomic mass is 15.1. The van der Waals surface area contributed by atoms with Gasteiger partial charge in [0, 0.05) is 0 Å². The van der Waals surface area contributed by atoms with Crippen LogP contribution in [0.3, 0.4) is 0 Å². The number of nitrogens with zero attached hydrogens (tertiary/aromatic N) is 1. The molecule has 0 saturated carbocycles. The smallest absolute Gasteiger partial charge is 0.247 e. The van der Waals surface area contributed by atoms with Gasteiger partial charge in [-0.25, -0.2) is 9.55 Å². The van der Waals surface area contributed by atoms with Gasteiger partial charge in [-0.2, -0.15) is 0 Å². The van der Waals surface area contributed by atoms with Gasteiger partial charge >= 0.3 is 0 Å². The lowest BCUT2D eigenvalue weighted by molar-refractivity contribution is -0.727. The number of unbranched alkanes of at least 4 members (excludes halogenated alkanes) is 19. The summed E-state index contributed by atoms with van der Waals surface area (Å²) in [7, 11) is 0. The lowest BCUT2D eigenvalue weighted by Gasteiger charge is -2.17. The van der Waals surface area contributed by atoms with E-state index >= 15 is 0 Å². The summed E-state index contributed by atoms with van der Waals surface area (Å²) < 4.78 is 2.60. The van der Waals surface area contributed by atoms with Crippen molar-refractivity contribution in [1.29, 1.82) is 0 Å². The summed E-state index contributed by atoms with van der Waals surface area (Å²) >= 11 is 0. The van der Waals surface area contributed by atoms with E-state index in [2.05, 4.69) is 49.6 Å². The largest absolute Gasteiger partial charge is 0.257 e. The van der Waals surface area contributed by atoms with Crippen molar-refractivity contribution in [2.75, 3.05) is 0 Å². The van der Waals surface area contributed by atoms with Gasteiger partial charge in [0.2, 0.25) is 0 Å². The molecule has 2 nitrogen and oxygen atoms in total. The molecule has 0 aliphatic heterocycles. The standard InChI is InChI=1S/C34H66N2/c1-5-8-11-13-15-16-17-18-19-20-21-23-26-29-33(28-25-22-14-12-9-6-2)34-35-30-31-36(34)32(4)27-24-10-7-3/h30-33H,5-29H2,1-4H3/p+1. The monoisotopic (exact) mass is 504 g/mol. The van der Waals surface area contributed by atoms with Crippen LogP contribution in [0.1, 0.15) is 206 Å². The molecule has 0 spiro atoms. The van der Waals surface area contributed by atoms with Crippen molar-refractivity contribution in [1.82, 2.24) is 4.98 Å². The number of hydrogen-bond donors (Lipinski definition) is 1. The maximum absolute atomic E-state index is 3.70. The fourth-order valence-corrected chi connectivity index (χ4v) is 5.90. The first-order valence-corrected chi connectivity index (χ1v) is 16.8. The third-order valence-corrected chi connectivity index (χ3v) is 8.39. The van der Waals surface area contributed by atoms with E-state index in [0.29, 0.717) is 12.0 Å². The van der Waals surface area contributed by atoms with Crippen LogP contribution in [0.2, 0.25) is 0 Å². The molecule has 2 unspecified atom stereocenters. The number of H-pyrrole nitrogens is 1. The van der Waals surface area contributed by atoms with E-state index in [9.17, 15) is 0 Å². The number of imidazole rings is 1. The summed E-state index contributed by atoms with van der Waals surface area (Å²) in [6, 6.07) is 0.622. The van der Waals surface area contributed by atoms with Gasteiger partial charge in [0.15, 0.2) is 0 Å². The Hall–Kier alpha value is -0.790. The first-order chi connectivity index (χ1) is 17.7. The van der Waals surface area contributed by atoms with E-state index in [1.54, 1.807) is 0 Å². The van der Waals surface area contributed by atoms with E-state index in [4.69, 9.17) is 0 Å². The first-order valence-electron chi connectivity index (χ1n) is 16.8. The van der Waals surface area contributed by atoms with Crippen LogP contribution in [0.5, 0.6) is 0 Å². The van der Waals surface area contributed by atoms with Crippen LogP contribution < -0.4 is 4.57 Å². The minimum absolute atomic E-state index is 0.622. The molecule has 0 aliphatic carbocycles. The molecule has 1 rings (SSSR count). The Bertz CT molecular complexity index is 563. The Balaban J connectivity index is 2.35. The van der Waals surface area contributed by atoms with Crippen molar-refractivity contribution in [2.45, 2.75) is 200 Å². The minimum Gasteiger partial charge on any atom is -0.247 e. The molecular formula is C34H67N2+. The normalized spacial score (nSPS) is 13.3. The Morgan fingerprint density at radius 1 is 0.528 bits per heavy atom. The van der Waals surface area contributed by atoms with E-state index in [-0.39, 0.29) is 0 Å². The average molecular weight is 504 g/mol. The molecule has 2 heteroatoms. The fraction of sp³-hybridized carbons (Fsp3) is 0.912. The molecule has 1 aromatic rings. The number of aromatic amines is 1. The summed E-state index contributed by atoms with van der Waals surface area (Å²) in [5, 5.41) is 0. The van der Waals surface area contributed by atoms with Crippen molar-refractivity contribution >= 4 is 0 Å². The minimum atomic E-state index is 0.622. The number of nitrogens with one attached hydrogen (secondary N) is 1. The fourth-order valence-electron chi connectivity index (χ4n) is 5.90. The zero-order chi connectivity index (χ0) is 26.1. The second-order valence-electron chi connectivity index (χ2n) is 11.9. The molecule has 2 atom stereocenters. The third kappa shape index (κ3) is 16.9. The van der Waals surface area contributed by atoms with Crippen LogP contribution in [0.25, 0.3) is 0 Å². The summed E-state index contributed by atoms with van der Waals surface area (Å²) in [6.07, 6.45) is 39.8. The predicted molar refractivity (Wildman–Crippen MR) is 161 cm³/mol. The van der Waals surface area contributed by atoms with E-state index in [0.717, 1.165) is 0 Å². The Kier molecular flexibility index (Phi) is 22.7. The van der Waals surface area contributed by atoms with Gasteiger partial charge < -0.3 is 0 Å². The van der Waals surface area contributed by atoms with Gasteiger partial charge in [-0.1, -0.05) is 156 Å². The zero-order valence-electron chi connectivity index (χ0n) is 25.4. The van der Waals surface area contributed by atoms with Gasteiger partial charge in [-0.15, -0.1) is 0 Å². The Labute approximate surface area is 227 Å². The molecule has 0 aromatic carbocycles. The van der Waals surface area contributed by atoms with Crippen molar-refractivity contribution in [2.24, 2.45) is 0 Å². The van der Waals surface area contributed by atoms with Crippen LogP contribution in [-0.4, -0.2) is 4.98 Å². The summed E-state index contributed by atoms with van der Waals surface area (Å²) in [5.41, 5.74) is 0. The van der Waals surface area contributed by atoms with Gasteiger partial charge in [0.05, 0.1) is 12.0 Å². The molecule has 0 bridgehead atoms. The molecule has 1 aromatic heterocycles.